The van der Waals surface area contributed by atoms with Gasteiger partial charge in [0.05, 0.1) is 0 Å². The minimum Gasteiger partial charge on any atom is -0.368 e. The van der Waals surface area contributed by atoms with Crippen LogP contribution in [0.3, 0.4) is 0 Å². The van der Waals surface area contributed by atoms with Gasteiger partial charge in [-0.1, -0.05) is 19.1 Å². The standard InChI is InChI=1S/C15H23N3O/c1-2-9-17-11-12-5-7-13(8-6-12)18-10-3-4-14(18)15(16)19/h5-8,14,17H,2-4,9-11H2,1H3,(H2,16,19). The monoisotopic (exact) mass is 261 g/mol. The molecule has 4 nitrogen and oxygen atoms in total. The number of hydrogen-bond donors (Lipinski definition) is 2. The first-order valence-electron chi connectivity index (χ1n) is 7.08. The predicted molar refractivity (Wildman–Crippen MR) is 78.0 cm³/mol. The number of anilines is 1. The van der Waals surface area contributed by atoms with Crippen LogP contribution in [0.25, 0.3) is 0 Å². The molecule has 0 spiro atoms. The second kappa shape index (κ2) is 6.57. The third-order valence-electron chi connectivity index (χ3n) is 3.61. The molecule has 0 saturated carbocycles. The Morgan fingerprint density at radius 1 is 1.42 bits per heavy atom. The van der Waals surface area contributed by atoms with Crippen molar-refractivity contribution in [2.75, 3.05) is 18.0 Å². The molecular weight excluding hydrogens is 238 g/mol. The van der Waals surface area contributed by atoms with E-state index < -0.39 is 0 Å². The van der Waals surface area contributed by atoms with E-state index in [0.717, 1.165) is 44.6 Å². The van der Waals surface area contributed by atoms with E-state index in [1.54, 1.807) is 0 Å². The van der Waals surface area contributed by atoms with Gasteiger partial charge < -0.3 is 16.0 Å². The number of amides is 1. The van der Waals surface area contributed by atoms with Crippen molar-refractivity contribution < 1.29 is 4.79 Å². The molecule has 3 N–H and O–H groups in total. The van der Waals surface area contributed by atoms with Crippen molar-refractivity contribution in [3.05, 3.63) is 29.8 Å². The van der Waals surface area contributed by atoms with E-state index >= 15 is 0 Å². The van der Waals surface area contributed by atoms with E-state index in [9.17, 15) is 4.79 Å². The Bertz CT molecular complexity index is 416. The molecule has 1 atom stereocenters. The van der Waals surface area contributed by atoms with E-state index in [-0.39, 0.29) is 11.9 Å². The summed E-state index contributed by atoms with van der Waals surface area (Å²) in [6, 6.07) is 8.28. The summed E-state index contributed by atoms with van der Waals surface area (Å²) in [5.74, 6) is -0.216. The normalized spacial score (nSPS) is 18.8. The van der Waals surface area contributed by atoms with Crippen LogP contribution in [0, 0.1) is 0 Å². The molecule has 1 aromatic carbocycles. The molecule has 1 unspecified atom stereocenters. The predicted octanol–water partition coefficient (Wildman–Crippen LogP) is 1.64. The van der Waals surface area contributed by atoms with Gasteiger partial charge >= 0.3 is 0 Å². The summed E-state index contributed by atoms with van der Waals surface area (Å²) < 4.78 is 0. The van der Waals surface area contributed by atoms with E-state index in [2.05, 4.69) is 41.4 Å². The second-order valence-corrected chi connectivity index (χ2v) is 5.10. The van der Waals surface area contributed by atoms with Crippen LogP contribution < -0.4 is 16.0 Å². The third-order valence-corrected chi connectivity index (χ3v) is 3.61. The Morgan fingerprint density at radius 2 is 2.16 bits per heavy atom. The van der Waals surface area contributed by atoms with Crippen LogP contribution in [-0.2, 0) is 11.3 Å². The highest BCUT2D eigenvalue weighted by atomic mass is 16.1. The molecule has 0 aliphatic carbocycles. The third kappa shape index (κ3) is 3.47. The maximum Gasteiger partial charge on any atom is 0.240 e. The molecule has 4 heteroatoms. The average Bonchev–Trinajstić information content (AvgIpc) is 2.89. The number of nitrogens with two attached hydrogens (primary N) is 1. The molecule has 0 radical (unpaired) electrons. The number of primary amides is 1. The number of carbonyl (C=O) groups is 1. The zero-order valence-electron chi connectivity index (χ0n) is 11.6. The first-order chi connectivity index (χ1) is 9.22. The Labute approximate surface area is 115 Å². The van der Waals surface area contributed by atoms with Crippen molar-refractivity contribution in [3.8, 4) is 0 Å². The highest BCUT2D eigenvalue weighted by molar-refractivity contribution is 5.84. The molecule has 1 amide bonds. The molecule has 1 fully saturated rings. The maximum absolute atomic E-state index is 11.4. The molecule has 1 aliphatic heterocycles. The molecular formula is C15H23N3O. The summed E-state index contributed by atoms with van der Waals surface area (Å²) in [6.07, 6.45) is 3.05. The Kier molecular flexibility index (Phi) is 4.80. The molecule has 1 heterocycles. The van der Waals surface area contributed by atoms with E-state index in [1.165, 1.54) is 5.56 Å². The van der Waals surface area contributed by atoms with Crippen LogP contribution in [0.4, 0.5) is 5.69 Å². The summed E-state index contributed by atoms with van der Waals surface area (Å²) >= 11 is 0. The van der Waals surface area contributed by atoms with Gasteiger partial charge in [0.15, 0.2) is 0 Å². The SMILES string of the molecule is CCCNCc1ccc(N2CCCC2C(N)=O)cc1. The van der Waals surface area contributed by atoms with Gasteiger partial charge in [-0.05, 0) is 43.5 Å². The minimum absolute atomic E-state index is 0.135. The van der Waals surface area contributed by atoms with Crippen molar-refractivity contribution in [2.45, 2.75) is 38.8 Å². The lowest BCUT2D eigenvalue weighted by atomic mass is 10.1. The number of nitrogens with zero attached hydrogens (tertiary/aromatic N) is 1. The molecule has 1 aromatic rings. The van der Waals surface area contributed by atoms with Gasteiger partial charge in [-0.3, -0.25) is 4.79 Å². The van der Waals surface area contributed by atoms with Gasteiger partial charge in [-0.25, -0.2) is 0 Å². The summed E-state index contributed by atoms with van der Waals surface area (Å²) in [4.78, 5) is 13.5. The lowest BCUT2D eigenvalue weighted by Crippen LogP contribution is -2.40. The van der Waals surface area contributed by atoms with Gasteiger partial charge in [0.1, 0.15) is 6.04 Å². The van der Waals surface area contributed by atoms with Gasteiger partial charge in [-0.15, -0.1) is 0 Å². The lowest BCUT2D eigenvalue weighted by molar-refractivity contribution is -0.119. The van der Waals surface area contributed by atoms with Crippen LogP contribution in [0.15, 0.2) is 24.3 Å². The first-order valence-corrected chi connectivity index (χ1v) is 7.08. The van der Waals surface area contributed by atoms with Crippen LogP contribution in [0.5, 0.6) is 0 Å². The van der Waals surface area contributed by atoms with Gasteiger partial charge in [0, 0.05) is 18.8 Å². The van der Waals surface area contributed by atoms with Crippen LogP contribution >= 0.6 is 0 Å². The largest absolute Gasteiger partial charge is 0.368 e. The highest BCUT2D eigenvalue weighted by Gasteiger charge is 2.28. The molecule has 1 aliphatic rings. The molecule has 0 bridgehead atoms. The molecule has 2 rings (SSSR count). The fourth-order valence-electron chi connectivity index (χ4n) is 2.59. The van der Waals surface area contributed by atoms with Crippen molar-refractivity contribution in [3.63, 3.8) is 0 Å². The van der Waals surface area contributed by atoms with Crippen molar-refractivity contribution in [1.29, 1.82) is 0 Å². The van der Waals surface area contributed by atoms with Crippen molar-refractivity contribution in [2.24, 2.45) is 5.73 Å². The number of carbonyl (C=O) groups excluding carboxylic acids is 1. The number of rotatable bonds is 6. The first kappa shape index (κ1) is 13.9. The molecule has 0 aromatic heterocycles. The van der Waals surface area contributed by atoms with Crippen molar-refractivity contribution >= 4 is 11.6 Å². The second-order valence-electron chi connectivity index (χ2n) is 5.10. The fraction of sp³-hybridized carbons (Fsp3) is 0.533. The van der Waals surface area contributed by atoms with Crippen LogP contribution in [0.1, 0.15) is 31.7 Å². The Morgan fingerprint density at radius 3 is 2.79 bits per heavy atom. The zero-order chi connectivity index (χ0) is 13.7. The minimum atomic E-state index is -0.216. The molecule has 104 valence electrons. The fourth-order valence-corrected chi connectivity index (χ4v) is 2.59. The van der Waals surface area contributed by atoms with Gasteiger partial charge in [0.25, 0.3) is 0 Å². The van der Waals surface area contributed by atoms with Gasteiger partial charge in [0.2, 0.25) is 5.91 Å². The summed E-state index contributed by atoms with van der Waals surface area (Å²) in [6.45, 7) is 5.01. The van der Waals surface area contributed by atoms with E-state index in [0.29, 0.717) is 0 Å². The lowest BCUT2D eigenvalue weighted by Gasteiger charge is -2.24. The molecule has 19 heavy (non-hydrogen) atoms. The van der Waals surface area contributed by atoms with Crippen LogP contribution in [-0.4, -0.2) is 25.0 Å². The Hall–Kier alpha value is -1.55. The summed E-state index contributed by atoms with van der Waals surface area (Å²) in [5, 5.41) is 3.38. The highest BCUT2D eigenvalue weighted by Crippen LogP contribution is 2.25. The topological polar surface area (TPSA) is 58.4 Å². The van der Waals surface area contributed by atoms with E-state index in [1.807, 2.05) is 0 Å². The van der Waals surface area contributed by atoms with Crippen LogP contribution in [0.2, 0.25) is 0 Å². The quantitative estimate of drug-likeness (QED) is 0.765. The zero-order valence-corrected chi connectivity index (χ0v) is 11.6. The number of hydrogen-bond acceptors (Lipinski definition) is 3. The summed E-state index contributed by atoms with van der Waals surface area (Å²) in [7, 11) is 0. The van der Waals surface area contributed by atoms with Crippen molar-refractivity contribution in [1.82, 2.24) is 5.32 Å². The van der Waals surface area contributed by atoms with Gasteiger partial charge in [-0.2, -0.15) is 0 Å². The van der Waals surface area contributed by atoms with E-state index in [4.69, 9.17) is 5.73 Å². The summed E-state index contributed by atoms with van der Waals surface area (Å²) in [5.41, 5.74) is 7.81. The Balaban J connectivity index is 1.99. The maximum atomic E-state index is 11.4. The average molecular weight is 261 g/mol. The number of nitrogens with one attached hydrogen (secondary N) is 1. The number of benzene rings is 1. The smallest absolute Gasteiger partial charge is 0.240 e. The molecule has 1 saturated heterocycles.